The minimum atomic E-state index is -2.84. The minimum Gasteiger partial charge on any atom is -0.303 e. The highest BCUT2D eigenvalue weighted by molar-refractivity contribution is 7.91. The molecule has 1 saturated heterocycles. The van der Waals surface area contributed by atoms with Gasteiger partial charge in [0.25, 0.3) is 0 Å². The molecule has 32 heavy (non-hydrogen) atoms. The normalized spacial score (nSPS) is 16.8. The molecule has 0 radical (unpaired) electrons. The van der Waals surface area contributed by atoms with Crippen molar-refractivity contribution in [2.45, 2.75) is 25.3 Å². The number of rotatable bonds is 6. The van der Waals surface area contributed by atoms with Crippen molar-refractivity contribution in [3.05, 3.63) is 47.2 Å². The van der Waals surface area contributed by atoms with Gasteiger partial charge in [0.05, 0.1) is 28.9 Å². The lowest BCUT2D eigenvalue weighted by Crippen LogP contribution is -2.39. The van der Waals surface area contributed by atoms with E-state index >= 15 is 0 Å². The Hall–Kier alpha value is -2.56. The summed E-state index contributed by atoms with van der Waals surface area (Å²) < 4.78 is 27.3. The topological polar surface area (TPSA) is 85.9 Å². The number of thiazole rings is 1. The average Bonchev–Trinajstić information content (AvgIpc) is 3.51. The summed E-state index contributed by atoms with van der Waals surface area (Å²) in [5, 5.41) is 7.41. The second-order valence-corrected chi connectivity index (χ2v) is 11.5. The molecular formula is C22H26N6O2S2. The molecule has 5 rings (SSSR count). The first-order chi connectivity index (χ1) is 15.4. The quantitative estimate of drug-likeness (QED) is 0.431. The molecule has 0 saturated carbocycles. The van der Waals surface area contributed by atoms with Gasteiger partial charge in [-0.25, -0.2) is 18.4 Å². The van der Waals surface area contributed by atoms with Crippen LogP contribution in [0.2, 0.25) is 0 Å². The number of sulfone groups is 1. The molecule has 4 aromatic heterocycles. The number of hydrogen-bond donors (Lipinski definition) is 0. The van der Waals surface area contributed by atoms with Crippen LogP contribution in [-0.2, 0) is 23.3 Å². The first-order valence-corrected chi connectivity index (χ1v) is 13.5. The second kappa shape index (κ2) is 8.42. The van der Waals surface area contributed by atoms with Crippen LogP contribution < -0.4 is 0 Å². The molecule has 1 aliphatic heterocycles. The van der Waals surface area contributed by atoms with Gasteiger partial charge in [0, 0.05) is 48.4 Å². The largest absolute Gasteiger partial charge is 0.303 e. The molecule has 0 aromatic carbocycles. The molecule has 8 nitrogen and oxygen atoms in total. The van der Waals surface area contributed by atoms with Crippen LogP contribution in [0.4, 0.5) is 0 Å². The Morgan fingerprint density at radius 1 is 1.22 bits per heavy atom. The second-order valence-electron chi connectivity index (χ2n) is 8.45. The maximum atomic E-state index is 11.8. The number of aromatic nitrogens is 5. The summed E-state index contributed by atoms with van der Waals surface area (Å²) in [5.41, 5.74) is 5.80. The molecule has 1 fully saturated rings. The van der Waals surface area contributed by atoms with E-state index in [0.717, 1.165) is 53.9 Å². The Morgan fingerprint density at radius 3 is 2.72 bits per heavy atom. The Balaban J connectivity index is 1.43. The molecule has 10 heteroatoms. The molecular weight excluding hydrogens is 444 g/mol. The molecule has 0 unspecified atom stereocenters. The van der Waals surface area contributed by atoms with Crippen LogP contribution in [0.15, 0.2) is 41.6 Å². The number of pyridine rings is 1. The fourth-order valence-electron chi connectivity index (χ4n) is 4.38. The summed E-state index contributed by atoms with van der Waals surface area (Å²) >= 11 is 1.56. The zero-order chi connectivity index (χ0) is 22.3. The number of hydrogen-bond acceptors (Lipinski definition) is 7. The number of aryl methyl sites for hydroxylation is 1. The summed E-state index contributed by atoms with van der Waals surface area (Å²) in [5.74, 6) is 1.46. The Labute approximate surface area is 191 Å². The monoisotopic (exact) mass is 470 g/mol. The van der Waals surface area contributed by atoms with Crippen molar-refractivity contribution in [2.24, 2.45) is 7.05 Å². The highest BCUT2D eigenvalue weighted by Gasteiger charge is 2.26. The third-order valence-electron chi connectivity index (χ3n) is 6.28. The highest BCUT2D eigenvalue weighted by atomic mass is 32.2. The van der Waals surface area contributed by atoms with E-state index in [1.165, 1.54) is 5.56 Å². The van der Waals surface area contributed by atoms with Gasteiger partial charge in [-0.3, -0.25) is 9.25 Å². The molecule has 0 bridgehead atoms. The van der Waals surface area contributed by atoms with Crippen molar-refractivity contribution < 1.29 is 8.42 Å². The van der Waals surface area contributed by atoms with Crippen molar-refractivity contribution >= 4 is 32.2 Å². The lowest BCUT2D eigenvalue weighted by Gasteiger charge is -2.31. The predicted octanol–water partition coefficient (Wildman–Crippen LogP) is 2.93. The Kier molecular flexibility index (Phi) is 5.60. The van der Waals surface area contributed by atoms with Crippen LogP contribution in [0.1, 0.15) is 18.4 Å². The first kappa shape index (κ1) is 21.3. The van der Waals surface area contributed by atoms with Crippen molar-refractivity contribution in [2.75, 3.05) is 25.1 Å². The van der Waals surface area contributed by atoms with E-state index in [1.54, 1.807) is 16.0 Å². The fraction of sp³-hybridized carbons (Fsp3) is 0.409. The maximum absolute atomic E-state index is 11.8. The molecule has 0 N–H and O–H groups in total. The van der Waals surface area contributed by atoms with Crippen molar-refractivity contribution in [3.8, 4) is 17.1 Å². The minimum absolute atomic E-state index is 0.298. The lowest BCUT2D eigenvalue weighted by molar-refractivity contribution is 0.229. The van der Waals surface area contributed by atoms with Gasteiger partial charge < -0.3 is 4.90 Å². The molecule has 5 heterocycles. The zero-order valence-corrected chi connectivity index (χ0v) is 19.8. The van der Waals surface area contributed by atoms with Gasteiger partial charge in [0.2, 0.25) is 0 Å². The summed E-state index contributed by atoms with van der Waals surface area (Å²) in [6.07, 6.45) is 8.22. The van der Waals surface area contributed by atoms with Crippen LogP contribution in [0.5, 0.6) is 0 Å². The molecule has 0 amide bonds. The molecule has 168 valence electrons. The molecule has 0 atom stereocenters. The summed E-state index contributed by atoms with van der Waals surface area (Å²) in [6.45, 7) is 0.866. The fourth-order valence-corrected chi connectivity index (χ4v) is 6.37. The summed E-state index contributed by atoms with van der Waals surface area (Å²) in [6, 6.07) is 4.50. The number of nitrogens with zero attached hydrogens (tertiary/aromatic N) is 6. The van der Waals surface area contributed by atoms with Crippen LogP contribution in [0.25, 0.3) is 28.1 Å². The zero-order valence-electron chi connectivity index (χ0n) is 18.2. The molecule has 1 aliphatic rings. The Morgan fingerprint density at radius 2 is 2.03 bits per heavy atom. The summed E-state index contributed by atoms with van der Waals surface area (Å²) in [7, 11) is 1.15. The van der Waals surface area contributed by atoms with Gasteiger partial charge in [-0.2, -0.15) is 5.10 Å². The van der Waals surface area contributed by atoms with Crippen LogP contribution in [0, 0.1) is 0 Å². The average molecular weight is 471 g/mol. The number of fused-ring (bicyclic) bond motifs is 1. The van der Waals surface area contributed by atoms with E-state index in [2.05, 4.69) is 38.9 Å². The van der Waals surface area contributed by atoms with E-state index in [0.29, 0.717) is 17.5 Å². The van der Waals surface area contributed by atoms with E-state index in [1.807, 2.05) is 36.4 Å². The van der Waals surface area contributed by atoms with E-state index in [9.17, 15) is 8.42 Å². The standard InChI is InChI=1S/C22H26N6O2S2/c1-26(18-6-9-32(29,30)10-7-18)8-5-16-13-28(21-14-31-15-23-21)22-19(16)3-4-20(25-22)17-11-24-27(2)12-17/h3-4,11-15,18H,5-10H2,1-2H3. The van der Waals surface area contributed by atoms with Gasteiger partial charge in [-0.15, -0.1) is 11.3 Å². The molecule has 0 spiro atoms. The predicted molar refractivity (Wildman–Crippen MR) is 127 cm³/mol. The maximum Gasteiger partial charge on any atom is 0.150 e. The van der Waals surface area contributed by atoms with Crippen LogP contribution in [-0.4, -0.2) is 68.8 Å². The van der Waals surface area contributed by atoms with Crippen molar-refractivity contribution in [1.82, 2.24) is 29.2 Å². The molecule has 0 aliphatic carbocycles. The van der Waals surface area contributed by atoms with E-state index < -0.39 is 9.84 Å². The first-order valence-electron chi connectivity index (χ1n) is 10.7. The third-order valence-corrected chi connectivity index (χ3v) is 8.57. The SMILES string of the molecule is CN(CCc1cn(-c2cscn2)c2nc(-c3cnn(C)c3)ccc12)C1CCS(=O)(=O)CC1. The van der Waals surface area contributed by atoms with Gasteiger partial charge >= 0.3 is 0 Å². The van der Waals surface area contributed by atoms with Crippen LogP contribution >= 0.6 is 11.3 Å². The third kappa shape index (κ3) is 4.22. The van der Waals surface area contributed by atoms with Gasteiger partial charge in [0.15, 0.2) is 0 Å². The van der Waals surface area contributed by atoms with E-state index in [4.69, 9.17) is 4.98 Å². The van der Waals surface area contributed by atoms with Crippen LogP contribution in [0.3, 0.4) is 0 Å². The Bertz CT molecular complexity index is 1330. The number of likely N-dealkylation sites (N-methyl/N-ethyl adjacent to an activating group) is 1. The smallest absolute Gasteiger partial charge is 0.150 e. The van der Waals surface area contributed by atoms with Gasteiger partial charge in [-0.05, 0) is 44.0 Å². The molecule has 4 aromatic rings. The highest BCUT2D eigenvalue weighted by Crippen LogP contribution is 2.28. The van der Waals surface area contributed by atoms with E-state index in [-0.39, 0.29) is 0 Å². The van der Waals surface area contributed by atoms with Gasteiger partial charge in [0.1, 0.15) is 21.3 Å². The summed E-state index contributed by atoms with van der Waals surface area (Å²) in [4.78, 5) is 11.8. The van der Waals surface area contributed by atoms with Gasteiger partial charge in [-0.1, -0.05) is 0 Å². The lowest BCUT2D eigenvalue weighted by atomic mass is 10.1. The van der Waals surface area contributed by atoms with Crippen molar-refractivity contribution in [3.63, 3.8) is 0 Å². The van der Waals surface area contributed by atoms with Crippen molar-refractivity contribution in [1.29, 1.82) is 0 Å².